The van der Waals surface area contributed by atoms with Crippen molar-refractivity contribution in [2.45, 2.75) is 13.0 Å². The van der Waals surface area contributed by atoms with Crippen LogP contribution in [0.25, 0.3) is 0 Å². The number of hydrogen-bond acceptors (Lipinski definition) is 7. The molecule has 4 amide bonds. The Hall–Kier alpha value is -4.08. The molecule has 0 aliphatic carbocycles. The third-order valence-electron chi connectivity index (χ3n) is 3.98. The molecule has 2 aromatic carbocycles. The standard InChI is InChI=1S/C21H23N3O7/c1-13(19(26)24-21(28)23-15-7-5-4-6-8-15)31-18(25)12-22-20(27)14-9-10-16(29-2)17(11-14)30-3/h4-11,13H,12H2,1-3H3,(H,22,27)(H2,23,24,26,28). The molecule has 2 aromatic rings. The zero-order valence-corrected chi connectivity index (χ0v) is 17.3. The highest BCUT2D eigenvalue weighted by Crippen LogP contribution is 2.27. The molecule has 0 aliphatic heterocycles. The summed E-state index contributed by atoms with van der Waals surface area (Å²) in [5.74, 6) is -1.39. The lowest BCUT2D eigenvalue weighted by Gasteiger charge is -2.14. The van der Waals surface area contributed by atoms with Crippen molar-refractivity contribution in [2.24, 2.45) is 0 Å². The number of methoxy groups -OCH3 is 2. The van der Waals surface area contributed by atoms with E-state index in [9.17, 15) is 19.2 Å². The highest BCUT2D eigenvalue weighted by molar-refractivity contribution is 6.03. The van der Waals surface area contributed by atoms with Crippen LogP contribution in [0.15, 0.2) is 48.5 Å². The Balaban J connectivity index is 1.80. The van der Waals surface area contributed by atoms with E-state index in [2.05, 4.69) is 16.0 Å². The van der Waals surface area contributed by atoms with Crippen LogP contribution in [0.1, 0.15) is 17.3 Å². The van der Waals surface area contributed by atoms with Gasteiger partial charge in [-0.1, -0.05) is 18.2 Å². The Morgan fingerprint density at radius 3 is 2.26 bits per heavy atom. The van der Waals surface area contributed by atoms with Gasteiger partial charge in [-0.15, -0.1) is 0 Å². The maximum absolute atomic E-state index is 12.2. The van der Waals surface area contributed by atoms with E-state index in [4.69, 9.17) is 14.2 Å². The summed E-state index contributed by atoms with van der Waals surface area (Å²) in [5, 5.41) is 6.92. The molecule has 31 heavy (non-hydrogen) atoms. The van der Waals surface area contributed by atoms with Gasteiger partial charge >= 0.3 is 12.0 Å². The van der Waals surface area contributed by atoms with Crippen LogP contribution >= 0.6 is 0 Å². The first kappa shape index (κ1) is 23.2. The molecule has 164 valence electrons. The maximum atomic E-state index is 12.2. The molecule has 0 spiro atoms. The first-order valence-electron chi connectivity index (χ1n) is 9.20. The lowest BCUT2D eigenvalue weighted by atomic mass is 10.2. The lowest BCUT2D eigenvalue weighted by Crippen LogP contribution is -2.42. The van der Waals surface area contributed by atoms with Gasteiger partial charge in [-0.3, -0.25) is 19.7 Å². The van der Waals surface area contributed by atoms with Crippen molar-refractivity contribution in [1.82, 2.24) is 10.6 Å². The number of carbonyl (C=O) groups is 4. The molecule has 3 N–H and O–H groups in total. The van der Waals surface area contributed by atoms with E-state index in [0.29, 0.717) is 17.2 Å². The second-order valence-electron chi connectivity index (χ2n) is 6.19. The number of hydrogen-bond donors (Lipinski definition) is 3. The second-order valence-corrected chi connectivity index (χ2v) is 6.19. The minimum atomic E-state index is -1.24. The molecule has 0 bridgehead atoms. The van der Waals surface area contributed by atoms with E-state index in [1.54, 1.807) is 36.4 Å². The highest BCUT2D eigenvalue weighted by atomic mass is 16.5. The number of esters is 1. The number of imide groups is 1. The van der Waals surface area contributed by atoms with E-state index >= 15 is 0 Å². The monoisotopic (exact) mass is 429 g/mol. The molecule has 10 heteroatoms. The molecule has 0 aliphatic rings. The van der Waals surface area contributed by atoms with Gasteiger partial charge in [-0.2, -0.15) is 0 Å². The van der Waals surface area contributed by atoms with Crippen molar-refractivity contribution in [3.05, 3.63) is 54.1 Å². The number of urea groups is 1. The normalized spacial score (nSPS) is 10.9. The summed E-state index contributed by atoms with van der Waals surface area (Å²) in [5.41, 5.74) is 0.740. The van der Waals surface area contributed by atoms with Crippen LogP contribution in [-0.4, -0.2) is 50.7 Å². The van der Waals surface area contributed by atoms with E-state index < -0.39 is 36.5 Å². The summed E-state index contributed by atoms with van der Waals surface area (Å²) in [7, 11) is 2.90. The first-order valence-corrected chi connectivity index (χ1v) is 9.20. The Bertz CT molecular complexity index is 947. The van der Waals surface area contributed by atoms with Crippen molar-refractivity contribution in [1.29, 1.82) is 0 Å². The fourth-order valence-corrected chi connectivity index (χ4v) is 2.42. The van der Waals surface area contributed by atoms with Gasteiger partial charge in [0, 0.05) is 11.3 Å². The molecule has 1 atom stereocenters. The van der Waals surface area contributed by atoms with E-state index in [1.165, 1.54) is 33.3 Å². The number of ether oxygens (including phenoxy) is 3. The Morgan fingerprint density at radius 1 is 0.935 bits per heavy atom. The molecule has 10 nitrogen and oxygen atoms in total. The molecule has 2 rings (SSSR count). The number of amides is 4. The highest BCUT2D eigenvalue weighted by Gasteiger charge is 2.20. The molecular weight excluding hydrogens is 406 g/mol. The lowest BCUT2D eigenvalue weighted by molar-refractivity contribution is -0.153. The van der Waals surface area contributed by atoms with Crippen molar-refractivity contribution >= 4 is 29.5 Å². The molecular formula is C21H23N3O7. The summed E-state index contributed by atoms with van der Waals surface area (Å²) >= 11 is 0. The fraction of sp³-hybridized carbons (Fsp3) is 0.238. The smallest absolute Gasteiger partial charge is 0.326 e. The van der Waals surface area contributed by atoms with Gasteiger partial charge in [-0.25, -0.2) is 4.79 Å². The third-order valence-corrected chi connectivity index (χ3v) is 3.98. The zero-order chi connectivity index (χ0) is 22.8. The van der Waals surface area contributed by atoms with Crippen LogP contribution in [0.3, 0.4) is 0 Å². The van der Waals surface area contributed by atoms with Gasteiger partial charge in [0.05, 0.1) is 14.2 Å². The summed E-state index contributed by atoms with van der Waals surface area (Å²) in [6.07, 6.45) is -1.24. The molecule has 0 heterocycles. The van der Waals surface area contributed by atoms with Crippen LogP contribution in [0.4, 0.5) is 10.5 Å². The van der Waals surface area contributed by atoms with E-state index in [0.717, 1.165) is 0 Å². The van der Waals surface area contributed by atoms with Gasteiger partial charge in [0.2, 0.25) is 0 Å². The largest absolute Gasteiger partial charge is 0.493 e. The second kappa shape index (κ2) is 11.2. The van der Waals surface area contributed by atoms with Gasteiger partial charge in [0.25, 0.3) is 11.8 Å². The Kier molecular flexibility index (Phi) is 8.38. The van der Waals surface area contributed by atoms with Crippen molar-refractivity contribution in [3.8, 4) is 11.5 Å². The molecule has 0 radical (unpaired) electrons. The molecule has 0 saturated carbocycles. The first-order chi connectivity index (χ1) is 14.8. The van der Waals surface area contributed by atoms with Gasteiger partial charge in [0.1, 0.15) is 6.54 Å². The van der Waals surface area contributed by atoms with Crippen LogP contribution < -0.4 is 25.4 Å². The van der Waals surface area contributed by atoms with Crippen molar-refractivity contribution in [2.75, 3.05) is 26.1 Å². The number of benzene rings is 2. The molecule has 0 fully saturated rings. The summed E-state index contributed by atoms with van der Waals surface area (Å²) < 4.78 is 15.2. The summed E-state index contributed by atoms with van der Waals surface area (Å²) in [6, 6.07) is 12.3. The van der Waals surface area contributed by atoms with Crippen LogP contribution in [0, 0.1) is 0 Å². The quantitative estimate of drug-likeness (QED) is 0.544. The number of rotatable bonds is 8. The van der Waals surface area contributed by atoms with E-state index in [1.807, 2.05) is 0 Å². The topological polar surface area (TPSA) is 132 Å². The number of anilines is 1. The predicted molar refractivity (Wildman–Crippen MR) is 111 cm³/mol. The Morgan fingerprint density at radius 2 is 1.61 bits per heavy atom. The van der Waals surface area contributed by atoms with Gasteiger partial charge in [0.15, 0.2) is 17.6 Å². The summed E-state index contributed by atoms with van der Waals surface area (Å²) in [4.78, 5) is 48.0. The number of carbonyl (C=O) groups excluding carboxylic acids is 4. The predicted octanol–water partition coefficient (Wildman–Crippen LogP) is 1.71. The van der Waals surface area contributed by atoms with Crippen molar-refractivity contribution < 1.29 is 33.4 Å². The van der Waals surface area contributed by atoms with Gasteiger partial charge < -0.3 is 24.8 Å². The average Bonchev–Trinajstić information content (AvgIpc) is 2.77. The zero-order valence-electron chi connectivity index (χ0n) is 17.3. The van der Waals surface area contributed by atoms with Crippen LogP contribution in [0.5, 0.6) is 11.5 Å². The van der Waals surface area contributed by atoms with Crippen LogP contribution in [-0.2, 0) is 14.3 Å². The maximum Gasteiger partial charge on any atom is 0.326 e. The number of para-hydroxylation sites is 1. The number of nitrogens with one attached hydrogen (secondary N) is 3. The van der Waals surface area contributed by atoms with Gasteiger partial charge in [-0.05, 0) is 37.3 Å². The third kappa shape index (κ3) is 7.03. The Labute approximate surface area is 178 Å². The molecule has 0 aromatic heterocycles. The minimum absolute atomic E-state index is 0.244. The SMILES string of the molecule is COc1ccc(C(=O)NCC(=O)OC(C)C(=O)NC(=O)Nc2ccccc2)cc1OC. The van der Waals surface area contributed by atoms with Crippen molar-refractivity contribution in [3.63, 3.8) is 0 Å². The fourth-order valence-electron chi connectivity index (χ4n) is 2.42. The molecule has 1 unspecified atom stereocenters. The van der Waals surface area contributed by atoms with E-state index in [-0.39, 0.29) is 5.56 Å². The molecule has 0 saturated heterocycles. The summed E-state index contributed by atoms with van der Waals surface area (Å²) in [6.45, 7) is 0.834. The van der Waals surface area contributed by atoms with Crippen LogP contribution in [0.2, 0.25) is 0 Å². The average molecular weight is 429 g/mol. The minimum Gasteiger partial charge on any atom is -0.493 e.